The Kier molecular flexibility index (Phi) is 6.93. The lowest BCUT2D eigenvalue weighted by Crippen LogP contribution is -2.44. The maximum atomic E-state index is 12.6. The molecule has 1 N–H and O–H groups in total. The van der Waals surface area contributed by atoms with E-state index in [4.69, 9.17) is 23.2 Å². The van der Waals surface area contributed by atoms with E-state index < -0.39 is 0 Å². The molecule has 2 amide bonds. The molecule has 1 fully saturated rings. The van der Waals surface area contributed by atoms with Gasteiger partial charge in [-0.2, -0.15) is 0 Å². The number of hydrogen-bond acceptors (Lipinski definition) is 2. The van der Waals surface area contributed by atoms with Crippen molar-refractivity contribution < 1.29 is 9.59 Å². The third kappa shape index (κ3) is 4.87. The number of likely N-dealkylation sites (tertiary alicyclic amines) is 1. The Morgan fingerprint density at radius 3 is 2.38 bits per heavy atom. The van der Waals surface area contributed by atoms with Crippen LogP contribution in [0.25, 0.3) is 0 Å². The van der Waals surface area contributed by atoms with Gasteiger partial charge < -0.3 is 10.2 Å². The van der Waals surface area contributed by atoms with Crippen LogP contribution in [0.1, 0.15) is 44.6 Å². The number of rotatable bonds is 5. The normalized spacial score (nSPS) is 16.1. The fourth-order valence-electron chi connectivity index (χ4n) is 3.07. The SMILES string of the molecule is CC(C)C(C(=O)NCC(=O)N1CCCCC1)c1ccc(Cl)c(Cl)c1. The third-order valence-corrected chi connectivity index (χ3v) is 5.11. The molecule has 1 aliphatic rings. The number of nitrogens with one attached hydrogen (secondary N) is 1. The third-order valence-electron chi connectivity index (χ3n) is 4.37. The summed E-state index contributed by atoms with van der Waals surface area (Å²) in [5, 5.41) is 3.68. The van der Waals surface area contributed by atoms with E-state index >= 15 is 0 Å². The summed E-state index contributed by atoms with van der Waals surface area (Å²) in [7, 11) is 0. The van der Waals surface area contributed by atoms with Gasteiger partial charge in [-0.15, -0.1) is 0 Å². The molecule has 0 aromatic heterocycles. The average Bonchev–Trinajstić information content (AvgIpc) is 2.56. The van der Waals surface area contributed by atoms with Gasteiger partial charge in [0.15, 0.2) is 0 Å². The van der Waals surface area contributed by atoms with Crippen molar-refractivity contribution in [1.29, 1.82) is 0 Å². The van der Waals surface area contributed by atoms with Crippen molar-refractivity contribution in [3.8, 4) is 0 Å². The van der Waals surface area contributed by atoms with E-state index in [9.17, 15) is 9.59 Å². The average molecular weight is 371 g/mol. The van der Waals surface area contributed by atoms with Gasteiger partial charge in [0.05, 0.1) is 22.5 Å². The van der Waals surface area contributed by atoms with Crippen LogP contribution in [0.3, 0.4) is 0 Å². The van der Waals surface area contributed by atoms with Crippen LogP contribution < -0.4 is 5.32 Å². The summed E-state index contributed by atoms with van der Waals surface area (Å²) in [5.41, 5.74) is 0.808. The molecule has 1 aliphatic heterocycles. The lowest BCUT2D eigenvalue weighted by Gasteiger charge is -2.27. The summed E-state index contributed by atoms with van der Waals surface area (Å²) in [6.45, 7) is 5.56. The molecule has 132 valence electrons. The predicted octanol–water partition coefficient (Wildman–Crippen LogP) is 3.86. The highest BCUT2D eigenvalue weighted by atomic mass is 35.5. The van der Waals surface area contributed by atoms with Crippen LogP contribution in [0.2, 0.25) is 10.0 Å². The van der Waals surface area contributed by atoms with Crippen molar-refractivity contribution in [2.45, 2.75) is 39.0 Å². The molecule has 1 heterocycles. The minimum absolute atomic E-state index is 0.0142. The molecule has 0 bridgehead atoms. The molecule has 0 radical (unpaired) electrons. The molecule has 24 heavy (non-hydrogen) atoms. The Morgan fingerprint density at radius 2 is 1.79 bits per heavy atom. The molecule has 1 saturated heterocycles. The summed E-state index contributed by atoms with van der Waals surface area (Å²) in [6, 6.07) is 5.23. The number of piperidine rings is 1. The summed E-state index contributed by atoms with van der Waals surface area (Å²) < 4.78 is 0. The van der Waals surface area contributed by atoms with E-state index in [0.717, 1.165) is 31.5 Å². The van der Waals surface area contributed by atoms with Gasteiger partial charge in [-0.1, -0.05) is 43.1 Å². The fraction of sp³-hybridized carbons (Fsp3) is 0.556. The Bertz CT molecular complexity index is 599. The second-order valence-electron chi connectivity index (χ2n) is 6.55. The highest BCUT2D eigenvalue weighted by Crippen LogP contribution is 2.30. The first-order chi connectivity index (χ1) is 11.4. The monoisotopic (exact) mass is 370 g/mol. The largest absolute Gasteiger partial charge is 0.346 e. The van der Waals surface area contributed by atoms with Gasteiger partial charge in [0.25, 0.3) is 0 Å². The minimum atomic E-state index is -0.367. The van der Waals surface area contributed by atoms with Gasteiger partial charge in [0.1, 0.15) is 0 Å². The van der Waals surface area contributed by atoms with Crippen LogP contribution in [0.5, 0.6) is 0 Å². The molecule has 0 aliphatic carbocycles. The molecule has 1 aromatic carbocycles. The molecule has 4 nitrogen and oxygen atoms in total. The lowest BCUT2D eigenvalue weighted by atomic mass is 9.87. The van der Waals surface area contributed by atoms with Crippen LogP contribution >= 0.6 is 23.2 Å². The Hall–Kier alpha value is -1.26. The van der Waals surface area contributed by atoms with Gasteiger partial charge in [-0.3, -0.25) is 9.59 Å². The zero-order valence-corrected chi connectivity index (χ0v) is 15.7. The highest BCUT2D eigenvalue weighted by Gasteiger charge is 2.26. The number of hydrogen-bond donors (Lipinski definition) is 1. The number of carbonyl (C=O) groups is 2. The van der Waals surface area contributed by atoms with E-state index in [2.05, 4.69) is 5.32 Å². The van der Waals surface area contributed by atoms with E-state index in [0.29, 0.717) is 10.0 Å². The molecule has 1 unspecified atom stereocenters. The summed E-state index contributed by atoms with van der Waals surface area (Å²) in [5.74, 6) is -0.463. The second-order valence-corrected chi connectivity index (χ2v) is 7.37. The number of nitrogens with zero attached hydrogens (tertiary/aromatic N) is 1. The number of halogens is 2. The zero-order chi connectivity index (χ0) is 17.7. The minimum Gasteiger partial charge on any atom is -0.346 e. The zero-order valence-electron chi connectivity index (χ0n) is 14.1. The van der Waals surface area contributed by atoms with Gasteiger partial charge in [-0.25, -0.2) is 0 Å². The van der Waals surface area contributed by atoms with E-state index in [-0.39, 0.29) is 30.2 Å². The Morgan fingerprint density at radius 1 is 1.12 bits per heavy atom. The molecule has 2 rings (SSSR count). The first-order valence-electron chi connectivity index (χ1n) is 8.40. The van der Waals surface area contributed by atoms with Gasteiger partial charge in [0.2, 0.25) is 11.8 Å². The second kappa shape index (κ2) is 8.72. The van der Waals surface area contributed by atoms with Crippen LogP contribution in [-0.4, -0.2) is 36.3 Å². The first-order valence-corrected chi connectivity index (χ1v) is 9.16. The Labute approximate surface area is 153 Å². The molecule has 0 saturated carbocycles. The van der Waals surface area contributed by atoms with Crippen molar-refractivity contribution in [2.24, 2.45) is 5.92 Å². The molecule has 0 spiro atoms. The Balaban J connectivity index is 2.01. The summed E-state index contributed by atoms with van der Waals surface area (Å²) in [4.78, 5) is 26.6. The molecular formula is C18H24Cl2N2O2. The van der Waals surface area contributed by atoms with Gasteiger partial charge in [-0.05, 0) is 42.9 Å². The van der Waals surface area contributed by atoms with Crippen molar-refractivity contribution in [3.63, 3.8) is 0 Å². The molecule has 6 heteroatoms. The smallest absolute Gasteiger partial charge is 0.241 e. The quantitative estimate of drug-likeness (QED) is 0.855. The lowest BCUT2D eigenvalue weighted by molar-refractivity contribution is -0.134. The summed E-state index contributed by atoms with van der Waals surface area (Å²) >= 11 is 12.0. The topological polar surface area (TPSA) is 49.4 Å². The maximum Gasteiger partial charge on any atom is 0.241 e. The van der Waals surface area contributed by atoms with E-state index in [1.54, 1.807) is 12.1 Å². The van der Waals surface area contributed by atoms with Crippen LogP contribution in [0.15, 0.2) is 18.2 Å². The van der Waals surface area contributed by atoms with Gasteiger partial charge >= 0.3 is 0 Å². The molecule has 1 aromatic rings. The molecular weight excluding hydrogens is 347 g/mol. The van der Waals surface area contributed by atoms with Crippen LogP contribution in [0.4, 0.5) is 0 Å². The highest BCUT2D eigenvalue weighted by molar-refractivity contribution is 6.42. The van der Waals surface area contributed by atoms with Crippen molar-refractivity contribution >= 4 is 35.0 Å². The predicted molar refractivity (Wildman–Crippen MR) is 97.5 cm³/mol. The van der Waals surface area contributed by atoms with Crippen molar-refractivity contribution in [1.82, 2.24) is 10.2 Å². The van der Waals surface area contributed by atoms with E-state index in [1.807, 2.05) is 24.8 Å². The first kappa shape index (κ1) is 19.1. The van der Waals surface area contributed by atoms with E-state index in [1.165, 1.54) is 6.42 Å². The number of amides is 2. The molecule has 1 atom stereocenters. The fourth-order valence-corrected chi connectivity index (χ4v) is 3.38. The van der Waals surface area contributed by atoms with Crippen LogP contribution in [-0.2, 0) is 9.59 Å². The van der Waals surface area contributed by atoms with Crippen LogP contribution in [0, 0.1) is 5.92 Å². The van der Waals surface area contributed by atoms with Crippen molar-refractivity contribution in [2.75, 3.05) is 19.6 Å². The van der Waals surface area contributed by atoms with Crippen molar-refractivity contribution in [3.05, 3.63) is 33.8 Å². The van der Waals surface area contributed by atoms with Gasteiger partial charge in [0, 0.05) is 13.1 Å². The number of carbonyl (C=O) groups excluding carboxylic acids is 2. The standard InChI is InChI=1S/C18H24Cl2N2O2/c1-12(2)17(13-6-7-14(19)15(20)10-13)18(24)21-11-16(23)22-8-4-3-5-9-22/h6-7,10,12,17H,3-5,8-9,11H2,1-2H3,(H,21,24). The maximum absolute atomic E-state index is 12.6. The summed E-state index contributed by atoms with van der Waals surface area (Å²) in [6.07, 6.45) is 3.25. The number of benzene rings is 1.